The van der Waals surface area contributed by atoms with Crippen molar-refractivity contribution in [1.82, 2.24) is 15.2 Å². The maximum Gasteiger partial charge on any atom is 0.226 e. The Hall–Kier alpha value is -3.69. The van der Waals surface area contributed by atoms with Gasteiger partial charge in [0, 0.05) is 29.2 Å². The van der Waals surface area contributed by atoms with Crippen molar-refractivity contribution in [3.8, 4) is 17.1 Å². The Labute approximate surface area is 235 Å². The summed E-state index contributed by atoms with van der Waals surface area (Å²) < 4.78 is 12.7. The number of carbonyl (C=O) groups excluding carboxylic acids is 1. The highest BCUT2D eigenvalue weighted by Crippen LogP contribution is 2.41. The number of benzene rings is 2. The van der Waals surface area contributed by atoms with Gasteiger partial charge in [-0.05, 0) is 73.2 Å². The monoisotopic (exact) mass is 590 g/mol. The Bertz CT molecular complexity index is 1460. The van der Waals surface area contributed by atoms with Crippen LogP contribution in [0.3, 0.4) is 0 Å². The van der Waals surface area contributed by atoms with Crippen molar-refractivity contribution < 1.29 is 13.9 Å². The number of nitrogens with zero attached hydrogens (tertiary/aromatic N) is 2. The largest absolute Gasteiger partial charge is 0.495 e. The van der Waals surface area contributed by atoms with E-state index in [1.807, 2.05) is 72.5 Å². The van der Waals surface area contributed by atoms with Crippen LogP contribution in [0.25, 0.3) is 11.3 Å². The second kappa shape index (κ2) is 11.4. The van der Waals surface area contributed by atoms with Crippen LogP contribution in [0, 0.1) is 6.92 Å². The van der Waals surface area contributed by atoms with Crippen LogP contribution in [-0.2, 0) is 4.79 Å². The van der Waals surface area contributed by atoms with Gasteiger partial charge in [0.25, 0.3) is 0 Å². The van der Waals surface area contributed by atoms with Crippen LogP contribution in [0.4, 0.5) is 5.69 Å². The van der Waals surface area contributed by atoms with E-state index in [1.54, 1.807) is 13.3 Å². The summed E-state index contributed by atoms with van der Waals surface area (Å²) in [5.74, 6) is 1.96. The number of thiocarbonyl (C=S) groups is 1. The van der Waals surface area contributed by atoms with Crippen molar-refractivity contribution in [2.24, 2.45) is 0 Å². The topological polar surface area (TPSA) is 79.6 Å². The number of amides is 1. The summed E-state index contributed by atoms with van der Waals surface area (Å²) in [6, 6.07) is 22.7. The molecule has 2 unspecified atom stereocenters. The van der Waals surface area contributed by atoms with Gasteiger partial charge in [-0.1, -0.05) is 40.2 Å². The fourth-order valence-electron chi connectivity index (χ4n) is 4.61. The molecule has 0 aliphatic carbocycles. The van der Waals surface area contributed by atoms with Crippen molar-refractivity contribution >= 4 is 44.9 Å². The summed E-state index contributed by atoms with van der Waals surface area (Å²) in [6.45, 7) is 2.44. The number of para-hydroxylation sites is 2. The van der Waals surface area contributed by atoms with E-state index in [9.17, 15) is 4.79 Å². The number of nitrogens with one attached hydrogen (secondary N) is 2. The van der Waals surface area contributed by atoms with E-state index < -0.39 is 0 Å². The molecule has 5 rings (SSSR count). The van der Waals surface area contributed by atoms with E-state index in [1.165, 1.54) is 0 Å². The Morgan fingerprint density at radius 1 is 1.16 bits per heavy atom. The average Bonchev–Trinajstić information content (AvgIpc) is 3.52. The first-order valence-corrected chi connectivity index (χ1v) is 13.4. The number of anilines is 1. The summed E-state index contributed by atoms with van der Waals surface area (Å²) in [5, 5.41) is 6.89. The molecule has 194 valence electrons. The standard InChI is InChI=1S/C29H27BrN4O3S/c1-18-10-11-19(20(30)17-18)23-12-13-25(37-23)28-27(22-8-5-6-15-31-22)33-29(38)34(28)16-14-26(35)32-21-7-3-4-9-24(21)36-2/h3-13,15,17,27-28H,14,16H2,1-2H3,(H,32,35)(H,33,38). The van der Waals surface area contributed by atoms with Crippen LogP contribution >= 0.6 is 28.1 Å². The minimum absolute atomic E-state index is 0.138. The highest BCUT2D eigenvalue weighted by atomic mass is 79.9. The van der Waals surface area contributed by atoms with Gasteiger partial charge in [0.15, 0.2) is 5.11 Å². The number of carbonyl (C=O) groups is 1. The van der Waals surface area contributed by atoms with E-state index in [0.29, 0.717) is 23.1 Å². The maximum absolute atomic E-state index is 12.9. The minimum Gasteiger partial charge on any atom is -0.495 e. The molecule has 4 aromatic rings. The third kappa shape index (κ3) is 5.44. The quantitative estimate of drug-likeness (QED) is 0.229. The lowest BCUT2D eigenvalue weighted by atomic mass is 10.0. The van der Waals surface area contributed by atoms with Crippen LogP contribution in [0.2, 0.25) is 0 Å². The van der Waals surface area contributed by atoms with Crippen molar-refractivity contribution in [2.45, 2.75) is 25.4 Å². The van der Waals surface area contributed by atoms with E-state index in [4.69, 9.17) is 21.4 Å². The zero-order valence-electron chi connectivity index (χ0n) is 21.0. The van der Waals surface area contributed by atoms with E-state index in [2.05, 4.69) is 43.7 Å². The van der Waals surface area contributed by atoms with Gasteiger partial charge in [0.05, 0.1) is 24.5 Å². The second-order valence-electron chi connectivity index (χ2n) is 9.00. The molecular formula is C29H27BrN4O3S. The number of hydrogen-bond donors (Lipinski definition) is 2. The number of halogens is 1. The van der Waals surface area contributed by atoms with Crippen LogP contribution in [0.1, 0.15) is 35.5 Å². The SMILES string of the molecule is COc1ccccc1NC(=O)CCN1C(=S)NC(c2ccccn2)C1c1ccc(-c2ccc(C)cc2Br)o1. The van der Waals surface area contributed by atoms with E-state index in [0.717, 1.165) is 32.8 Å². The molecule has 38 heavy (non-hydrogen) atoms. The number of aryl methyl sites for hydroxylation is 1. The van der Waals surface area contributed by atoms with Gasteiger partial charge < -0.3 is 24.7 Å². The van der Waals surface area contributed by atoms with Gasteiger partial charge in [-0.25, -0.2) is 0 Å². The molecule has 9 heteroatoms. The number of furan rings is 1. The molecule has 0 bridgehead atoms. The Balaban J connectivity index is 1.41. The molecule has 1 aliphatic rings. The highest BCUT2D eigenvalue weighted by Gasteiger charge is 2.41. The van der Waals surface area contributed by atoms with Crippen molar-refractivity contribution in [1.29, 1.82) is 0 Å². The molecule has 2 aromatic carbocycles. The molecule has 1 amide bonds. The summed E-state index contributed by atoms with van der Waals surface area (Å²) in [4.78, 5) is 19.5. The molecule has 2 aromatic heterocycles. The second-order valence-corrected chi connectivity index (χ2v) is 10.2. The maximum atomic E-state index is 12.9. The fourth-order valence-corrected chi connectivity index (χ4v) is 5.63. The number of methoxy groups -OCH3 is 1. The molecule has 1 fully saturated rings. The van der Waals surface area contributed by atoms with Gasteiger partial charge in [0.2, 0.25) is 5.91 Å². The molecule has 2 N–H and O–H groups in total. The first-order valence-electron chi connectivity index (χ1n) is 12.2. The normalized spacial score (nSPS) is 16.8. The lowest BCUT2D eigenvalue weighted by molar-refractivity contribution is -0.116. The lowest BCUT2D eigenvalue weighted by Crippen LogP contribution is -2.32. The molecule has 0 spiro atoms. The molecular weight excluding hydrogens is 564 g/mol. The van der Waals surface area contributed by atoms with Gasteiger partial charge in [-0.15, -0.1) is 0 Å². The van der Waals surface area contributed by atoms with Gasteiger partial charge in [-0.3, -0.25) is 9.78 Å². The zero-order chi connectivity index (χ0) is 26.6. The first-order chi connectivity index (χ1) is 18.4. The molecule has 3 heterocycles. The fraction of sp³-hybridized carbons (Fsp3) is 0.207. The zero-order valence-corrected chi connectivity index (χ0v) is 23.4. The number of rotatable bonds is 8. The molecule has 2 atom stereocenters. The third-order valence-electron chi connectivity index (χ3n) is 6.47. The first kappa shape index (κ1) is 25.9. The molecule has 7 nitrogen and oxygen atoms in total. The molecule has 1 aliphatic heterocycles. The summed E-state index contributed by atoms with van der Waals surface area (Å²) in [7, 11) is 1.58. The predicted octanol–water partition coefficient (Wildman–Crippen LogP) is 6.42. The summed E-state index contributed by atoms with van der Waals surface area (Å²) in [5.41, 5.74) is 3.60. The number of aromatic nitrogens is 1. The predicted molar refractivity (Wildman–Crippen MR) is 155 cm³/mol. The van der Waals surface area contributed by atoms with Gasteiger partial charge >= 0.3 is 0 Å². The van der Waals surface area contributed by atoms with Crippen LogP contribution in [0.15, 0.2) is 87.9 Å². The van der Waals surface area contributed by atoms with Gasteiger partial charge in [0.1, 0.15) is 23.3 Å². The highest BCUT2D eigenvalue weighted by molar-refractivity contribution is 9.10. The van der Waals surface area contributed by atoms with Crippen molar-refractivity contribution in [3.05, 3.63) is 100 Å². The van der Waals surface area contributed by atoms with E-state index >= 15 is 0 Å². The van der Waals surface area contributed by atoms with Crippen LogP contribution < -0.4 is 15.4 Å². The summed E-state index contributed by atoms with van der Waals surface area (Å²) >= 11 is 9.40. The third-order valence-corrected chi connectivity index (χ3v) is 7.48. The smallest absolute Gasteiger partial charge is 0.226 e. The number of ether oxygens (including phenoxy) is 1. The Morgan fingerprint density at radius 3 is 2.74 bits per heavy atom. The lowest BCUT2D eigenvalue weighted by Gasteiger charge is -2.26. The van der Waals surface area contributed by atoms with Crippen LogP contribution in [0.5, 0.6) is 5.75 Å². The van der Waals surface area contributed by atoms with E-state index in [-0.39, 0.29) is 24.4 Å². The average molecular weight is 592 g/mol. The molecule has 0 saturated carbocycles. The molecule has 1 saturated heterocycles. The summed E-state index contributed by atoms with van der Waals surface area (Å²) in [6.07, 6.45) is 1.99. The number of hydrogen-bond acceptors (Lipinski definition) is 5. The minimum atomic E-state index is -0.283. The molecule has 0 radical (unpaired) electrons. The Kier molecular flexibility index (Phi) is 7.76. The number of pyridine rings is 1. The van der Waals surface area contributed by atoms with Gasteiger partial charge in [-0.2, -0.15) is 0 Å². The Morgan fingerprint density at radius 2 is 1.97 bits per heavy atom. The van der Waals surface area contributed by atoms with Crippen molar-refractivity contribution in [2.75, 3.05) is 19.0 Å². The van der Waals surface area contributed by atoms with Crippen LogP contribution in [-0.4, -0.2) is 34.6 Å². The van der Waals surface area contributed by atoms with Crippen molar-refractivity contribution in [3.63, 3.8) is 0 Å².